The zero-order valence-corrected chi connectivity index (χ0v) is 13.1. The first kappa shape index (κ1) is 14.0. The molecule has 0 bridgehead atoms. The van der Waals surface area contributed by atoms with E-state index in [0.29, 0.717) is 18.5 Å². The summed E-state index contributed by atoms with van der Waals surface area (Å²) in [5, 5.41) is 16.6. The molecule has 3 aromatic rings. The molecule has 108 valence electrons. The summed E-state index contributed by atoms with van der Waals surface area (Å²) in [6.45, 7) is 3.47. The van der Waals surface area contributed by atoms with E-state index in [-0.39, 0.29) is 0 Å². The maximum Gasteiger partial charge on any atom is 0.320 e. The molecule has 1 heterocycles. The lowest BCUT2D eigenvalue weighted by atomic mass is 10.1. The van der Waals surface area contributed by atoms with Crippen LogP contribution in [0.3, 0.4) is 0 Å². The molecule has 0 saturated heterocycles. The van der Waals surface area contributed by atoms with Crippen molar-refractivity contribution in [2.45, 2.75) is 13.5 Å². The Morgan fingerprint density at radius 1 is 1.10 bits per heavy atom. The van der Waals surface area contributed by atoms with Crippen LogP contribution in [0.15, 0.2) is 45.3 Å². The Kier molecular flexibility index (Phi) is 4.17. The van der Waals surface area contributed by atoms with Crippen LogP contribution in [0.4, 0.5) is 11.7 Å². The Labute approximate surface area is 130 Å². The van der Waals surface area contributed by atoms with Crippen LogP contribution < -0.4 is 10.6 Å². The van der Waals surface area contributed by atoms with Gasteiger partial charge < -0.3 is 15.1 Å². The molecule has 0 spiro atoms. The lowest BCUT2D eigenvalue weighted by Crippen LogP contribution is -2.11. The number of fused-ring (bicyclic) bond motifs is 1. The van der Waals surface area contributed by atoms with E-state index in [2.05, 4.69) is 48.9 Å². The fourth-order valence-electron chi connectivity index (χ4n) is 2.09. The zero-order valence-electron chi connectivity index (χ0n) is 11.6. The number of hydrogen-bond acceptors (Lipinski definition) is 5. The van der Waals surface area contributed by atoms with Gasteiger partial charge in [-0.1, -0.05) is 52.2 Å². The average Bonchev–Trinajstić information content (AvgIpc) is 2.96. The quantitative estimate of drug-likeness (QED) is 0.734. The Morgan fingerprint density at radius 2 is 1.90 bits per heavy atom. The Morgan fingerprint density at radius 3 is 2.71 bits per heavy atom. The van der Waals surface area contributed by atoms with Gasteiger partial charge in [-0.3, -0.25) is 0 Å². The van der Waals surface area contributed by atoms with Gasteiger partial charge in [-0.25, -0.2) is 0 Å². The third kappa shape index (κ3) is 3.06. The number of rotatable bonds is 5. The number of halogens is 1. The monoisotopic (exact) mass is 346 g/mol. The SMILES string of the molecule is CCNCc1nnc(Nc2ccc(Br)c3ccccc23)o1. The van der Waals surface area contributed by atoms with E-state index in [9.17, 15) is 0 Å². The van der Waals surface area contributed by atoms with Gasteiger partial charge in [-0.2, -0.15) is 0 Å². The minimum Gasteiger partial charge on any atom is -0.406 e. The van der Waals surface area contributed by atoms with Crippen LogP contribution in [0, 0.1) is 0 Å². The normalized spacial score (nSPS) is 11.0. The van der Waals surface area contributed by atoms with E-state index in [0.717, 1.165) is 27.5 Å². The van der Waals surface area contributed by atoms with Crippen LogP contribution in [-0.4, -0.2) is 16.7 Å². The lowest BCUT2D eigenvalue weighted by Gasteiger charge is -2.07. The second kappa shape index (κ2) is 6.24. The zero-order chi connectivity index (χ0) is 14.7. The molecule has 0 saturated carbocycles. The number of nitrogens with one attached hydrogen (secondary N) is 2. The Bertz CT molecular complexity index is 756. The maximum atomic E-state index is 5.56. The molecule has 0 radical (unpaired) electrons. The molecule has 0 aliphatic carbocycles. The topological polar surface area (TPSA) is 63.0 Å². The summed E-state index contributed by atoms with van der Waals surface area (Å²) in [4.78, 5) is 0. The van der Waals surface area contributed by atoms with Crippen molar-refractivity contribution in [1.29, 1.82) is 0 Å². The third-order valence-electron chi connectivity index (χ3n) is 3.11. The van der Waals surface area contributed by atoms with Gasteiger partial charge in [0.15, 0.2) is 0 Å². The van der Waals surface area contributed by atoms with E-state index >= 15 is 0 Å². The molecule has 2 aromatic carbocycles. The van der Waals surface area contributed by atoms with Crippen LogP contribution in [0.25, 0.3) is 10.8 Å². The number of aromatic nitrogens is 2. The number of hydrogen-bond donors (Lipinski definition) is 2. The van der Waals surface area contributed by atoms with Crippen LogP contribution in [-0.2, 0) is 6.54 Å². The number of benzene rings is 2. The highest BCUT2D eigenvalue weighted by Gasteiger charge is 2.09. The van der Waals surface area contributed by atoms with Gasteiger partial charge >= 0.3 is 6.01 Å². The van der Waals surface area contributed by atoms with Crippen LogP contribution >= 0.6 is 15.9 Å². The van der Waals surface area contributed by atoms with Crippen molar-refractivity contribution in [3.05, 3.63) is 46.8 Å². The van der Waals surface area contributed by atoms with Gasteiger partial charge in [0.2, 0.25) is 5.89 Å². The molecule has 3 rings (SSSR count). The number of anilines is 2. The second-order valence-corrected chi connectivity index (χ2v) is 5.40. The van der Waals surface area contributed by atoms with Crippen molar-refractivity contribution < 1.29 is 4.42 Å². The van der Waals surface area contributed by atoms with Gasteiger partial charge in [-0.15, -0.1) is 5.10 Å². The van der Waals surface area contributed by atoms with E-state index in [1.165, 1.54) is 0 Å². The summed E-state index contributed by atoms with van der Waals surface area (Å²) in [6, 6.07) is 12.5. The van der Waals surface area contributed by atoms with E-state index in [1.807, 2.05) is 31.2 Å². The highest BCUT2D eigenvalue weighted by molar-refractivity contribution is 9.10. The van der Waals surface area contributed by atoms with Crippen molar-refractivity contribution in [1.82, 2.24) is 15.5 Å². The first-order valence-corrected chi connectivity index (χ1v) is 7.54. The van der Waals surface area contributed by atoms with Crippen molar-refractivity contribution >= 4 is 38.4 Å². The average molecular weight is 347 g/mol. The van der Waals surface area contributed by atoms with Gasteiger partial charge in [0.05, 0.1) is 12.2 Å². The molecule has 0 fully saturated rings. The molecule has 6 heteroatoms. The molecule has 0 atom stereocenters. The molecule has 0 unspecified atom stereocenters. The molecule has 0 amide bonds. The van der Waals surface area contributed by atoms with Gasteiger partial charge in [0, 0.05) is 9.86 Å². The molecular weight excluding hydrogens is 332 g/mol. The van der Waals surface area contributed by atoms with Gasteiger partial charge in [0.1, 0.15) is 0 Å². The molecule has 5 nitrogen and oxygen atoms in total. The van der Waals surface area contributed by atoms with Crippen molar-refractivity contribution in [2.75, 3.05) is 11.9 Å². The van der Waals surface area contributed by atoms with Gasteiger partial charge in [-0.05, 0) is 24.1 Å². The molecule has 0 aliphatic heterocycles. The molecule has 0 aliphatic rings. The summed E-state index contributed by atoms with van der Waals surface area (Å²) >= 11 is 3.56. The lowest BCUT2D eigenvalue weighted by molar-refractivity contribution is 0.484. The van der Waals surface area contributed by atoms with E-state index in [1.54, 1.807) is 0 Å². The predicted octanol–water partition coefficient (Wildman–Crippen LogP) is 3.84. The second-order valence-electron chi connectivity index (χ2n) is 4.55. The summed E-state index contributed by atoms with van der Waals surface area (Å²) in [7, 11) is 0. The first-order chi connectivity index (χ1) is 10.3. The summed E-state index contributed by atoms with van der Waals surface area (Å²) in [6.07, 6.45) is 0. The van der Waals surface area contributed by atoms with Crippen molar-refractivity contribution in [3.63, 3.8) is 0 Å². The molecule has 2 N–H and O–H groups in total. The van der Waals surface area contributed by atoms with Crippen molar-refractivity contribution in [3.8, 4) is 0 Å². The standard InChI is InChI=1S/C15H15BrN4O/c1-2-17-9-14-19-20-15(21-14)18-13-8-7-12(16)10-5-3-4-6-11(10)13/h3-8,17H,2,9H2,1H3,(H,18,20). The largest absolute Gasteiger partial charge is 0.406 e. The third-order valence-corrected chi connectivity index (χ3v) is 3.80. The minimum atomic E-state index is 0.398. The van der Waals surface area contributed by atoms with Crippen LogP contribution in [0.1, 0.15) is 12.8 Å². The van der Waals surface area contributed by atoms with Crippen LogP contribution in [0.5, 0.6) is 0 Å². The summed E-state index contributed by atoms with van der Waals surface area (Å²) in [5.41, 5.74) is 0.937. The van der Waals surface area contributed by atoms with Gasteiger partial charge in [0.25, 0.3) is 0 Å². The van der Waals surface area contributed by atoms with E-state index in [4.69, 9.17) is 4.42 Å². The van der Waals surface area contributed by atoms with E-state index < -0.39 is 0 Å². The predicted molar refractivity (Wildman–Crippen MR) is 86.6 cm³/mol. The smallest absolute Gasteiger partial charge is 0.320 e. The molecular formula is C15H15BrN4O. The Balaban J connectivity index is 1.88. The Hall–Kier alpha value is -1.92. The summed E-state index contributed by atoms with van der Waals surface area (Å²) < 4.78 is 6.62. The highest BCUT2D eigenvalue weighted by Crippen LogP contribution is 2.31. The fourth-order valence-corrected chi connectivity index (χ4v) is 2.57. The number of nitrogens with zero attached hydrogens (tertiary/aromatic N) is 2. The fraction of sp³-hybridized carbons (Fsp3) is 0.200. The highest BCUT2D eigenvalue weighted by atomic mass is 79.9. The molecule has 21 heavy (non-hydrogen) atoms. The summed E-state index contributed by atoms with van der Waals surface area (Å²) in [5.74, 6) is 0.570. The van der Waals surface area contributed by atoms with Crippen LogP contribution in [0.2, 0.25) is 0 Å². The van der Waals surface area contributed by atoms with Crippen molar-refractivity contribution in [2.24, 2.45) is 0 Å². The first-order valence-electron chi connectivity index (χ1n) is 6.75. The maximum absolute atomic E-state index is 5.56. The minimum absolute atomic E-state index is 0.398. The molecule has 1 aromatic heterocycles.